The zero-order valence-corrected chi connectivity index (χ0v) is 11.6. The van der Waals surface area contributed by atoms with Gasteiger partial charge in [-0.05, 0) is 30.4 Å². The third kappa shape index (κ3) is 2.27. The SMILES string of the molecule is CCc1ccccc1C1NCCN2C(=O)CCCC12. The second kappa shape index (κ2) is 5.33. The fraction of sp³-hybridized carbons (Fsp3) is 0.562. The highest BCUT2D eigenvalue weighted by molar-refractivity contribution is 5.77. The van der Waals surface area contributed by atoms with Crippen LogP contribution >= 0.6 is 0 Å². The maximum Gasteiger partial charge on any atom is 0.222 e. The van der Waals surface area contributed by atoms with Crippen LogP contribution in [-0.4, -0.2) is 29.9 Å². The molecule has 2 saturated heterocycles. The number of piperazine rings is 1. The largest absolute Gasteiger partial charge is 0.337 e. The summed E-state index contributed by atoms with van der Waals surface area (Å²) in [7, 11) is 0. The van der Waals surface area contributed by atoms with Crippen molar-refractivity contribution in [3.63, 3.8) is 0 Å². The van der Waals surface area contributed by atoms with Gasteiger partial charge in [0.15, 0.2) is 0 Å². The van der Waals surface area contributed by atoms with Crippen molar-refractivity contribution in [1.82, 2.24) is 10.2 Å². The Hall–Kier alpha value is -1.35. The zero-order chi connectivity index (χ0) is 13.2. The Kier molecular flexibility index (Phi) is 3.56. The fourth-order valence-electron chi connectivity index (χ4n) is 3.54. The van der Waals surface area contributed by atoms with E-state index in [2.05, 4.69) is 41.4 Å². The first-order chi connectivity index (χ1) is 9.31. The molecule has 0 bridgehead atoms. The number of piperidine rings is 1. The normalized spacial score (nSPS) is 27.2. The minimum atomic E-state index is 0.314. The number of carbonyl (C=O) groups is 1. The summed E-state index contributed by atoms with van der Waals surface area (Å²) in [6.45, 7) is 3.98. The van der Waals surface area contributed by atoms with Gasteiger partial charge in [-0.15, -0.1) is 0 Å². The van der Waals surface area contributed by atoms with Crippen LogP contribution in [0.1, 0.15) is 43.4 Å². The van der Waals surface area contributed by atoms with Crippen molar-refractivity contribution in [2.75, 3.05) is 13.1 Å². The molecule has 102 valence electrons. The number of hydrogen-bond acceptors (Lipinski definition) is 2. The van der Waals surface area contributed by atoms with E-state index in [1.165, 1.54) is 11.1 Å². The summed E-state index contributed by atoms with van der Waals surface area (Å²) in [4.78, 5) is 14.2. The average molecular weight is 258 g/mol. The van der Waals surface area contributed by atoms with Crippen LogP contribution in [0.2, 0.25) is 0 Å². The molecule has 0 spiro atoms. The van der Waals surface area contributed by atoms with Gasteiger partial charge in [-0.3, -0.25) is 4.79 Å². The number of nitrogens with zero attached hydrogens (tertiary/aromatic N) is 1. The van der Waals surface area contributed by atoms with Gasteiger partial charge in [0, 0.05) is 19.5 Å². The van der Waals surface area contributed by atoms with Crippen LogP contribution in [0.5, 0.6) is 0 Å². The first-order valence-corrected chi connectivity index (χ1v) is 7.42. The van der Waals surface area contributed by atoms with Crippen molar-refractivity contribution in [2.24, 2.45) is 0 Å². The van der Waals surface area contributed by atoms with Crippen molar-refractivity contribution in [1.29, 1.82) is 0 Å². The van der Waals surface area contributed by atoms with Gasteiger partial charge in [0.25, 0.3) is 0 Å². The molecule has 1 amide bonds. The highest BCUT2D eigenvalue weighted by atomic mass is 16.2. The molecule has 0 aromatic heterocycles. The van der Waals surface area contributed by atoms with Gasteiger partial charge in [-0.1, -0.05) is 31.2 Å². The maximum absolute atomic E-state index is 12.1. The number of rotatable bonds is 2. The number of hydrogen-bond donors (Lipinski definition) is 1. The van der Waals surface area contributed by atoms with Crippen LogP contribution in [-0.2, 0) is 11.2 Å². The van der Waals surface area contributed by atoms with E-state index >= 15 is 0 Å². The van der Waals surface area contributed by atoms with Crippen molar-refractivity contribution in [3.8, 4) is 0 Å². The van der Waals surface area contributed by atoms with E-state index < -0.39 is 0 Å². The molecule has 1 N–H and O–H groups in total. The molecule has 2 unspecified atom stereocenters. The Morgan fingerprint density at radius 3 is 3.05 bits per heavy atom. The summed E-state index contributed by atoms with van der Waals surface area (Å²) in [6.07, 6.45) is 3.95. The molecule has 0 radical (unpaired) electrons. The summed E-state index contributed by atoms with van der Waals surface area (Å²) in [5.41, 5.74) is 2.79. The average Bonchev–Trinajstić information content (AvgIpc) is 2.47. The number of benzene rings is 1. The van der Waals surface area contributed by atoms with Crippen LogP contribution in [0.4, 0.5) is 0 Å². The first kappa shape index (κ1) is 12.7. The Morgan fingerprint density at radius 1 is 1.37 bits per heavy atom. The Morgan fingerprint density at radius 2 is 2.21 bits per heavy atom. The van der Waals surface area contributed by atoms with Gasteiger partial charge in [-0.25, -0.2) is 0 Å². The standard InChI is InChI=1S/C16H22N2O/c1-2-12-6-3-4-7-13(12)16-14-8-5-9-15(19)18(14)11-10-17-16/h3-4,6-7,14,16-17H,2,5,8-11H2,1H3. The first-order valence-electron chi connectivity index (χ1n) is 7.42. The van der Waals surface area contributed by atoms with E-state index in [1.807, 2.05) is 0 Å². The molecule has 1 aromatic rings. The minimum absolute atomic E-state index is 0.314. The third-order valence-corrected chi connectivity index (χ3v) is 4.48. The molecule has 0 saturated carbocycles. The molecule has 19 heavy (non-hydrogen) atoms. The second-order valence-electron chi connectivity index (χ2n) is 5.53. The number of carbonyl (C=O) groups excluding carboxylic acids is 1. The molecule has 3 nitrogen and oxygen atoms in total. The molecule has 3 heteroatoms. The summed E-state index contributed by atoms with van der Waals surface area (Å²) in [6, 6.07) is 9.31. The lowest BCUT2D eigenvalue weighted by Crippen LogP contribution is -2.57. The smallest absolute Gasteiger partial charge is 0.222 e. The summed E-state index contributed by atoms with van der Waals surface area (Å²) in [5, 5.41) is 3.64. The van der Waals surface area contributed by atoms with Crippen LogP contribution in [0.15, 0.2) is 24.3 Å². The van der Waals surface area contributed by atoms with Gasteiger partial charge in [0.1, 0.15) is 0 Å². The summed E-state index contributed by atoms with van der Waals surface area (Å²) in [5.74, 6) is 0.344. The van der Waals surface area contributed by atoms with E-state index in [0.717, 1.165) is 38.8 Å². The van der Waals surface area contributed by atoms with Crippen LogP contribution in [0.3, 0.4) is 0 Å². The number of fused-ring (bicyclic) bond motifs is 1. The number of aryl methyl sites for hydroxylation is 1. The topological polar surface area (TPSA) is 32.3 Å². The number of nitrogens with one attached hydrogen (secondary N) is 1. The molecule has 1 aromatic carbocycles. The maximum atomic E-state index is 12.1. The summed E-state index contributed by atoms with van der Waals surface area (Å²) < 4.78 is 0. The van der Waals surface area contributed by atoms with E-state index in [4.69, 9.17) is 0 Å². The minimum Gasteiger partial charge on any atom is -0.337 e. The van der Waals surface area contributed by atoms with Gasteiger partial charge in [-0.2, -0.15) is 0 Å². The molecule has 2 heterocycles. The second-order valence-corrected chi connectivity index (χ2v) is 5.53. The van der Waals surface area contributed by atoms with E-state index in [-0.39, 0.29) is 0 Å². The van der Waals surface area contributed by atoms with Crippen LogP contribution < -0.4 is 5.32 Å². The van der Waals surface area contributed by atoms with E-state index in [1.54, 1.807) is 0 Å². The third-order valence-electron chi connectivity index (χ3n) is 4.48. The quantitative estimate of drug-likeness (QED) is 0.882. The lowest BCUT2D eigenvalue weighted by molar-refractivity contribution is -0.138. The molecular formula is C16H22N2O. The van der Waals surface area contributed by atoms with Crippen LogP contribution in [0, 0.1) is 0 Å². The van der Waals surface area contributed by atoms with Crippen LogP contribution in [0.25, 0.3) is 0 Å². The Labute approximate surface area is 115 Å². The highest BCUT2D eigenvalue weighted by Gasteiger charge is 2.37. The van der Waals surface area contributed by atoms with Crippen molar-refractivity contribution in [2.45, 2.75) is 44.7 Å². The van der Waals surface area contributed by atoms with E-state index in [9.17, 15) is 4.79 Å². The molecule has 3 rings (SSSR count). The van der Waals surface area contributed by atoms with Gasteiger partial charge < -0.3 is 10.2 Å². The Balaban J connectivity index is 1.92. The zero-order valence-electron chi connectivity index (χ0n) is 11.6. The molecule has 2 aliphatic rings. The lowest BCUT2D eigenvalue weighted by atomic mass is 9.86. The number of amides is 1. The molecule has 0 aliphatic carbocycles. The summed E-state index contributed by atoms with van der Waals surface area (Å²) >= 11 is 0. The fourth-order valence-corrected chi connectivity index (χ4v) is 3.54. The van der Waals surface area contributed by atoms with Gasteiger partial charge in [0.2, 0.25) is 5.91 Å². The predicted molar refractivity (Wildman–Crippen MR) is 75.9 cm³/mol. The molecular weight excluding hydrogens is 236 g/mol. The van der Waals surface area contributed by atoms with Crippen molar-refractivity contribution < 1.29 is 4.79 Å². The molecule has 2 atom stereocenters. The van der Waals surface area contributed by atoms with Gasteiger partial charge in [0.05, 0.1) is 12.1 Å². The van der Waals surface area contributed by atoms with Gasteiger partial charge >= 0.3 is 0 Å². The monoisotopic (exact) mass is 258 g/mol. The molecule has 2 aliphatic heterocycles. The Bertz CT molecular complexity index is 472. The lowest BCUT2D eigenvalue weighted by Gasteiger charge is -2.45. The predicted octanol–water partition coefficient (Wildman–Crippen LogP) is 2.27. The van der Waals surface area contributed by atoms with E-state index in [0.29, 0.717) is 18.0 Å². The van der Waals surface area contributed by atoms with Crippen molar-refractivity contribution in [3.05, 3.63) is 35.4 Å². The molecule has 2 fully saturated rings. The highest BCUT2D eigenvalue weighted by Crippen LogP contribution is 2.33. The van der Waals surface area contributed by atoms with Crippen molar-refractivity contribution >= 4 is 5.91 Å².